The standard InChI is InChI=1S/C21H27N3/c1-22(2)13-8-14-24-20-12-11-19(23(3)4)15-18(20)16-21(24)17-9-6-5-7-10-17/h5-7,9-12,15-16H,8,13-14H2,1-4H3. The predicted molar refractivity (Wildman–Crippen MR) is 105 cm³/mol. The zero-order valence-electron chi connectivity index (χ0n) is 15.2. The number of anilines is 1. The molecule has 0 aliphatic carbocycles. The van der Waals surface area contributed by atoms with Gasteiger partial charge in [-0.2, -0.15) is 0 Å². The number of hydrogen-bond acceptors (Lipinski definition) is 2. The Balaban J connectivity index is 2.06. The van der Waals surface area contributed by atoms with Crippen molar-refractivity contribution >= 4 is 16.6 Å². The lowest BCUT2D eigenvalue weighted by Gasteiger charge is -2.15. The Kier molecular flexibility index (Phi) is 4.91. The lowest BCUT2D eigenvalue weighted by molar-refractivity contribution is 0.388. The van der Waals surface area contributed by atoms with Crippen LogP contribution in [0.25, 0.3) is 22.2 Å². The molecule has 24 heavy (non-hydrogen) atoms. The van der Waals surface area contributed by atoms with Crippen LogP contribution >= 0.6 is 0 Å². The van der Waals surface area contributed by atoms with Crippen LogP contribution in [0.5, 0.6) is 0 Å². The van der Waals surface area contributed by atoms with E-state index in [1.54, 1.807) is 0 Å². The molecule has 3 rings (SSSR count). The fraction of sp³-hybridized carbons (Fsp3) is 0.333. The van der Waals surface area contributed by atoms with E-state index in [0.29, 0.717) is 0 Å². The molecule has 3 nitrogen and oxygen atoms in total. The highest BCUT2D eigenvalue weighted by Crippen LogP contribution is 2.30. The minimum absolute atomic E-state index is 1.03. The fourth-order valence-electron chi connectivity index (χ4n) is 3.17. The van der Waals surface area contributed by atoms with Crippen molar-refractivity contribution in [3.8, 4) is 11.3 Å². The lowest BCUT2D eigenvalue weighted by Crippen LogP contribution is -2.15. The van der Waals surface area contributed by atoms with E-state index in [2.05, 4.69) is 97.2 Å². The molecular weight excluding hydrogens is 294 g/mol. The maximum absolute atomic E-state index is 2.47. The molecule has 0 saturated heterocycles. The van der Waals surface area contributed by atoms with Crippen molar-refractivity contribution in [2.45, 2.75) is 13.0 Å². The number of fused-ring (bicyclic) bond motifs is 1. The Bertz CT molecular complexity index is 801. The molecule has 3 aromatic rings. The molecule has 0 bridgehead atoms. The van der Waals surface area contributed by atoms with E-state index in [9.17, 15) is 0 Å². The van der Waals surface area contributed by atoms with E-state index in [-0.39, 0.29) is 0 Å². The van der Waals surface area contributed by atoms with Gasteiger partial charge in [0.15, 0.2) is 0 Å². The van der Waals surface area contributed by atoms with E-state index in [4.69, 9.17) is 0 Å². The van der Waals surface area contributed by atoms with Gasteiger partial charge in [-0.3, -0.25) is 0 Å². The molecule has 1 aromatic heterocycles. The average molecular weight is 321 g/mol. The summed E-state index contributed by atoms with van der Waals surface area (Å²) >= 11 is 0. The highest BCUT2D eigenvalue weighted by Gasteiger charge is 2.11. The van der Waals surface area contributed by atoms with Gasteiger partial charge in [0, 0.05) is 42.9 Å². The number of aromatic nitrogens is 1. The molecule has 0 fully saturated rings. The van der Waals surface area contributed by atoms with Gasteiger partial charge in [0.25, 0.3) is 0 Å². The average Bonchev–Trinajstić information content (AvgIpc) is 2.93. The molecule has 2 aromatic carbocycles. The van der Waals surface area contributed by atoms with Gasteiger partial charge in [-0.1, -0.05) is 30.3 Å². The first-order chi connectivity index (χ1) is 11.6. The number of aryl methyl sites for hydroxylation is 1. The van der Waals surface area contributed by atoms with Gasteiger partial charge in [0.2, 0.25) is 0 Å². The summed E-state index contributed by atoms with van der Waals surface area (Å²) in [5.41, 5.74) is 5.15. The number of hydrogen-bond donors (Lipinski definition) is 0. The summed E-state index contributed by atoms with van der Waals surface area (Å²) in [7, 11) is 8.45. The second-order valence-electron chi connectivity index (χ2n) is 6.84. The summed E-state index contributed by atoms with van der Waals surface area (Å²) in [5, 5.41) is 1.31. The van der Waals surface area contributed by atoms with Gasteiger partial charge in [-0.15, -0.1) is 0 Å². The zero-order valence-corrected chi connectivity index (χ0v) is 15.2. The SMILES string of the molecule is CN(C)CCCn1c(-c2ccccc2)cc2cc(N(C)C)ccc21. The summed E-state index contributed by atoms with van der Waals surface area (Å²) in [6.45, 7) is 2.14. The third-order valence-corrected chi connectivity index (χ3v) is 4.46. The number of rotatable bonds is 6. The summed E-state index contributed by atoms with van der Waals surface area (Å²) < 4.78 is 2.47. The van der Waals surface area contributed by atoms with E-state index in [0.717, 1.165) is 19.5 Å². The zero-order chi connectivity index (χ0) is 17.1. The molecule has 3 heteroatoms. The predicted octanol–water partition coefficient (Wildman–Crippen LogP) is 4.33. The minimum Gasteiger partial charge on any atom is -0.378 e. The van der Waals surface area contributed by atoms with Crippen molar-refractivity contribution in [1.82, 2.24) is 9.47 Å². The normalized spacial score (nSPS) is 11.4. The maximum atomic E-state index is 2.47. The number of benzene rings is 2. The van der Waals surface area contributed by atoms with E-state index in [1.165, 1.54) is 27.8 Å². The Hall–Kier alpha value is -2.26. The Morgan fingerprint density at radius 2 is 1.62 bits per heavy atom. The maximum Gasteiger partial charge on any atom is 0.0491 e. The van der Waals surface area contributed by atoms with Crippen molar-refractivity contribution in [2.75, 3.05) is 39.6 Å². The Morgan fingerprint density at radius 1 is 0.875 bits per heavy atom. The molecule has 0 atom stereocenters. The van der Waals surface area contributed by atoms with Crippen molar-refractivity contribution in [2.24, 2.45) is 0 Å². The largest absolute Gasteiger partial charge is 0.378 e. The van der Waals surface area contributed by atoms with Crippen molar-refractivity contribution in [1.29, 1.82) is 0 Å². The van der Waals surface area contributed by atoms with Crippen LogP contribution in [-0.4, -0.2) is 44.2 Å². The van der Waals surface area contributed by atoms with Crippen LogP contribution in [0.4, 0.5) is 5.69 Å². The molecular formula is C21H27N3. The highest BCUT2D eigenvalue weighted by molar-refractivity contribution is 5.89. The summed E-state index contributed by atoms with van der Waals surface area (Å²) in [5.74, 6) is 0. The van der Waals surface area contributed by atoms with Crippen LogP contribution in [0.1, 0.15) is 6.42 Å². The van der Waals surface area contributed by atoms with Crippen LogP contribution in [-0.2, 0) is 6.54 Å². The van der Waals surface area contributed by atoms with Crippen LogP contribution in [0, 0.1) is 0 Å². The van der Waals surface area contributed by atoms with E-state index >= 15 is 0 Å². The molecule has 0 spiro atoms. The van der Waals surface area contributed by atoms with Crippen LogP contribution in [0.15, 0.2) is 54.6 Å². The first-order valence-corrected chi connectivity index (χ1v) is 8.57. The summed E-state index contributed by atoms with van der Waals surface area (Å²) in [6.07, 6.45) is 1.14. The van der Waals surface area contributed by atoms with Gasteiger partial charge in [-0.25, -0.2) is 0 Å². The molecule has 0 unspecified atom stereocenters. The minimum atomic E-state index is 1.03. The quantitative estimate of drug-likeness (QED) is 0.669. The fourth-order valence-corrected chi connectivity index (χ4v) is 3.17. The third kappa shape index (κ3) is 3.46. The van der Waals surface area contributed by atoms with Gasteiger partial charge in [0.05, 0.1) is 0 Å². The molecule has 0 amide bonds. The monoisotopic (exact) mass is 321 g/mol. The van der Waals surface area contributed by atoms with Gasteiger partial charge < -0.3 is 14.4 Å². The smallest absolute Gasteiger partial charge is 0.0491 e. The van der Waals surface area contributed by atoms with E-state index < -0.39 is 0 Å². The topological polar surface area (TPSA) is 11.4 Å². The summed E-state index contributed by atoms with van der Waals surface area (Å²) in [4.78, 5) is 4.41. The first-order valence-electron chi connectivity index (χ1n) is 8.57. The van der Waals surface area contributed by atoms with Gasteiger partial charge in [0.1, 0.15) is 0 Å². The number of nitrogens with zero attached hydrogens (tertiary/aromatic N) is 3. The molecule has 0 aliphatic heterocycles. The molecule has 1 heterocycles. The van der Waals surface area contributed by atoms with Crippen molar-refractivity contribution < 1.29 is 0 Å². The molecule has 0 aliphatic rings. The van der Waals surface area contributed by atoms with Crippen LogP contribution in [0.2, 0.25) is 0 Å². The van der Waals surface area contributed by atoms with Crippen molar-refractivity contribution in [3.63, 3.8) is 0 Å². The van der Waals surface area contributed by atoms with Crippen LogP contribution < -0.4 is 4.90 Å². The van der Waals surface area contributed by atoms with Gasteiger partial charge >= 0.3 is 0 Å². The molecule has 0 saturated carbocycles. The molecule has 126 valence electrons. The first kappa shape index (κ1) is 16.6. The van der Waals surface area contributed by atoms with Crippen molar-refractivity contribution in [3.05, 3.63) is 54.6 Å². The third-order valence-electron chi connectivity index (χ3n) is 4.46. The van der Waals surface area contributed by atoms with Crippen LogP contribution in [0.3, 0.4) is 0 Å². The van der Waals surface area contributed by atoms with Gasteiger partial charge in [-0.05, 0) is 56.9 Å². The lowest BCUT2D eigenvalue weighted by atomic mass is 10.1. The molecule has 0 radical (unpaired) electrons. The highest BCUT2D eigenvalue weighted by atomic mass is 15.1. The second kappa shape index (κ2) is 7.10. The summed E-state index contributed by atoms with van der Waals surface area (Å²) in [6, 6.07) is 19.8. The van der Waals surface area contributed by atoms with E-state index in [1.807, 2.05) is 0 Å². The second-order valence-corrected chi connectivity index (χ2v) is 6.84. The molecule has 0 N–H and O–H groups in total. The Morgan fingerprint density at radius 3 is 2.29 bits per heavy atom. The Labute approximate surface area is 145 Å².